The summed E-state index contributed by atoms with van der Waals surface area (Å²) in [5.74, 6) is 0.936. The average molecular weight is 453 g/mol. The van der Waals surface area contributed by atoms with Crippen molar-refractivity contribution in [1.29, 1.82) is 0 Å². The second-order valence-electron chi connectivity index (χ2n) is 8.52. The summed E-state index contributed by atoms with van der Waals surface area (Å²) in [6, 6.07) is 2.88. The highest BCUT2D eigenvalue weighted by Gasteiger charge is 2.33. The molecule has 2 aliphatic heterocycles. The number of hydrogen-bond acceptors (Lipinski definition) is 6. The smallest absolute Gasteiger partial charge is 0.255 e. The molecule has 2 amide bonds. The third-order valence-electron chi connectivity index (χ3n) is 6.32. The third kappa shape index (κ3) is 5.81. The molecule has 31 heavy (non-hydrogen) atoms. The van der Waals surface area contributed by atoms with Gasteiger partial charge in [0.2, 0.25) is 5.91 Å². The van der Waals surface area contributed by atoms with Crippen LogP contribution in [0.3, 0.4) is 0 Å². The van der Waals surface area contributed by atoms with E-state index in [1.54, 1.807) is 13.2 Å². The van der Waals surface area contributed by atoms with Crippen LogP contribution in [0.2, 0.25) is 5.02 Å². The van der Waals surface area contributed by atoms with Gasteiger partial charge in [0.05, 0.1) is 42.1 Å². The number of methoxy groups -OCH3 is 2. The average Bonchev–Trinajstić information content (AvgIpc) is 2.76. The van der Waals surface area contributed by atoms with Gasteiger partial charge in [-0.3, -0.25) is 14.5 Å². The molecule has 2 fully saturated rings. The lowest BCUT2D eigenvalue weighted by Crippen LogP contribution is -2.56. The van der Waals surface area contributed by atoms with E-state index in [9.17, 15) is 9.59 Å². The van der Waals surface area contributed by atoms with Crippen LogP contribution in [0.1, 0.15) is 36.5 Å². The Morgan fingerprint density at radius 3 is 2.55 bits per heavy atom. The van der Waals surface area contributed by atoms with Crippen molar-refractivity contribution in [1.82, 2.24) is 15.1 Å². The van der Waals surface area contributed by atoms with Gasteiger partial charge in [-0.25, -0.2) is 0 Å². The van der Waals surface area contributed by atoms with Crippen molar-refractivity contribution in [3.63, 3.8) is 0 Å². The monoisotopic (exact) mass is 452 g/mol. The highest BCUT2D eigenvalue weighted by molar-refractivity contribution is 6.33. The van der Waals surface area contributed by atoms with Crippen molar-refractivity contribution in [2.45, 2.75) is 38.3 Å². The Hall–Kier alpha value is -2.03. The second kappa shape index (κ2) is 10.5. The van der Waals surface area contributed by atoms with Crippen molar-refractivity contribution in [3.05, 3.63) is 22.7 Å². The number of nitrogens with zero attached hydrogens (tertiary/aromatic N) is 2. The number of halogens is 1. The Kier molecular flexibility index (Phi) is 8.02. The molecule has 2 atom stereocenters. The minimum Gasteiger partial charge on any atom is -0.496 e. The maximum absolute atomic E-state index is 12.9. The topological polar surface area (TPSA) is 97.1 Å². The van der Waals surface area contributed by atoms with Gasteiger partial charge in [-0.1, -0.05) is 18.5 Å². The van der Waals surface area contributed by atoms with Crippen LogP contribution in [0.15, 0.2) is 12.1 Å². The lowest BCUT2D eigenvalue weighted by Gasteiger charge is -2.39. The Morgan fingerprint density at radius 1 is 1.19 bits per heavy atom. The molecule has 9 heteroatoms. The molecule has 1 aromatic carbocycles. The molecule has 2 unspecified atom stereocenters. The minimum atomic E-state index is -0.294. The van der Waals surface area contributed by atoms with Crippen LogP contribution in [0.25, 0.3) is 0 Å². The van der Waals surface area contributed by atoms with E-state index in [0.29, 0.717) is 54.0 Å². The molecule has 0 aromatic heterocycles. The Morgan fingerprint density at radius 2 is 1.90 bits per heavy atom. The van der Waals surface area contributed by atoms with Gasteiger partial charge in [-0.15, -0.1) is 0 Å². The Bertz CT molecular complexity index is 798. The molecule has 2 saturated heterocycles. The van der Waals surface area contributed by atoms with Crippen LogP contribution in [-0.2, 0) is 9.53 Å². The number of carbonyl (C=O) groups excluding carboxylic acids is 2. The summed E-state index contributed by atoms with van der Waals surface area (Å²) >= 11 is 6.10. The first-order valence-corrected chi connectivity index (χ1v) is 11.2. The number of rotatable bonds is 6. The number of ether oxygens (including phenoxy) is 2. The number of carbonyl (C=O) groups is 2. The van der Waals surface area contributed by atoms with Gasteiger partial charge in [0.1, 0.15) is 5.75 Å². The van der Waals surface area contributed by atoms with E-state index in [-0.39, 0.29) is 24.0 Å². The largest absolute Gasteiger partial charge is 0.496 e. The highest BCUT2D eigenvalue weighted by atomic mass is 35.5. The van der Waals surface area contributed by atoms with Crippen LogP contribution in [-0.4, -0.2) is 80.7 Å². The number of benzene rings is 1. The van der Waals surface area contributed by atoms with Crippen LogP contribution < -0.4 is 15.8 Å². The van der Waals surface area contributed by atoms with E-state index in [2.05, 4.69) is 17.1 Å². The fourth-order valence-electron chi connectivity index (χ4n) is 4.24. The van der Waals surface area contributed by atoms with E-state index in [0.717, 1.165) is 25.9 Å². The molecule has 3 rings (SSSR count). The first-order chi connectivity index (χ1) is 14.8. The normalized spacial score (nSPS) is 22.9. The maximum atomic E-state index is 12.9. The van der Waals surface area contributed by atoms with Crippen LogP contribution in [0, 0.1) is 5.92 Å². The van der Waals surface area contributed by atoms with Crippen molar-refractivity contribution in [2.75, 3.05) is 52.7 Å². The summed E-state index contributed by atoms with van der Waals surface area (Å²) in [5.41, 5.74) is 6.49. The summed E-state index contributed by atoms with van der Waals surface area (Å²) in [7, 11) is 3.11. The molecule has 0 aliphatic carbocycles. The Labute approximate surface area is 189 Å². The highest BCUT2D eigenvalue weighted by Crippen LogP contribution is 2.29. The van der Waals surface area contributed by atoms with Gasteiger partial charge in [0.15, 0.2) is 0 Å². The predicted octanol–water partition coefficient (Wildman–Crippen LogP) is 2.01. The zero-order valence-electron chi connectivity index (χ0n) is 18.5. The minimum absolute atomic E-state index is 0.172. The van der Waals surface area contributed by atoms with Crippen molar-refractivity contribution in [3.8, 4) is 5.75 Å². The van der Waals surface area contributed by atoms with E-state index < -0.39 is 0 Å². The molecule has 0 bridgehead atoms. The Balaban J connectivity index is 1.58. The number of nitrogens with one attached hydrogen (secondary N) is 1. The SMILES string of the molecule is COc1cc(N)c(Cl)cc1C(=O)NC1CCN(CC(=O)N2CCC(C)CC2)CC1OC. The molecular weight excluding hydrogens is 420 g/mol. The van der Waals surface area contributed by atoms with Gasteiger partial charge >= 0.3 is 0 Å². The lowest BCUT2D eigenvalue weighted by molar-refractivity contribution is -0.134. The van der Waals surface area contributed by atoms with E-state index in [1.165, 1.54) is 13.2 Å². The van der Waals surface area contributed by atoms with E-state index >= 15 is 0 Å². The van der Waals surface area contributed by atoms with Crippen molar-refractivity contribution >= 4 is 29.1 Å². The van der Waals surface area contributed by atoms with Crippen molar-refractivity contribution < 1.29 is 19.1 Å². The first kappa shape index (κ1) is 23.6. The number of anilines is 1. The molecule has 0 spiro atoms. The molecule has 2 aliphatic rings. The van der Waals surface area contributed by atoms with Crippen molar-refractivity contribution in [2.24, 2.45) is 5.92 Å². The zero-order chi connectivity index (χ0) is 22.5. The quantitative estimate of drug-likeness (QED) is 0.641. The molecule has 0 radical (unpaired) electrons. The molecule has 0 saturated carbocycles. The summed E-state index contributed by atoms with van der Waals surface area (Å²) < 4.78 is 10.9. The number of likely N-dealkylation sites (tertiary alicyclic amines) is 2. The van der Waals surface area contributed by atoms with E-state index in [1.807, 2.05) is 4.90 Å². The van der Waals surface area contributed by atoms with Crippen LogP contribution in [0.5, 0.6) is 5.75 Å². The lowest BCUT2D eigenvalue weighted by atomic mass is 9.99. The van der Waals surface area contributed by atoms with Gasteiger partial charge in [-0.2, -0.15) is 0 Å². The summed E-state index contributed by atoms with van der Waals surface area (Å²) in [6.07, 6.45) is 2.60. The van der Waals surface area contributed by atoms with Crippen LogP contribution in [0.4, 0.5) is 5.69 Å². The number of hydrogen-bond donors (Lipinski definition) is 2. The second-order valence-corrected chi connectivity index (χ2v) is 8.92. The summed E-state index contributed by atoms with van der Waals surface area (Å²) in [5, 5.41) is 3.33. The maximum Gasteiger partial charge on any atom is 0.255 e. The van der Waals surface area contributed by atoms with Gasteiger partial charge in [0, 0.05) is 39.4 Å². The number of nitrogens with two attached hydrogens (primary N) is 1. The fourth-order valence-corrected chi connectivity index (χ4v) is 4.40. The standard InChI is InChI=1S/C22H33ClN4O4/c1-14-4-8-27(9-5-14)21(28)13-26-7-6-18(20(12-26)31-3)25-22(29)15-10-16(23)17(24)11-19(15)30-2/h10-11,14,18,20H,4-9,12-13,24H2,1-3H3,(H,25,29). The molecule has 1 aromatic rings. The third-order valence-corrected chi connectivity index (χ3v) is 6.65. The number of nitrogen functional groups attached to an aromatic ring is 1. The zero-order valence-corrected chi connectivity index (χ0v) is 19.3. The van der Waals surface area contributed by atoms with Gasteiger partial charge in [0.25, 0.3) is 5.91 Å². The molecule has 8 nitrogen and oxygen atoms in total. The summed E-state index contributed by atoms with van der Waals surface area (Å²) in [6.45, 7) is 5.59. The summed E-state index contributed by atoms with van der Waals surface area (Å²) in [4.78, 5) is 29.6. The number of amides is 2. The van der Waals surface area contributed by atoms with Gasteiger partial charge in [-0.05, 0) is 31.2 Å². The number of piperidine rings is 2. The first-order valence-electron chi connectivity index (χ1n) is 10.8. The van der Waals surface area contributed by atoms with E-state index in [4.69, 9.17) is 26.8 Å². The molecule has 3 N–H and O–H groups in total. The predicted molar refractivity (Wildman–Crippen MR) is 121 cm³/mol. The van der Waals surface area contributed by atoms with Gasteiger partial charge < -0.3 is 25.4 Å². The van der Waals surface area contributed by atoms with Crippen LogP contribution >= 0.6 is 11.6 Å². The fraction of sp³-hybridized carbons (Fsp3) is 0.636. The molecule has 172 valence electrons. The molecule has 2 heterocycles. The molecular formula is C22H33ClN4O4.